The van der Waals surface area contributed by atoms with Crippen LogP contribution in [0, 0.1) is 5.82 Å². The fourth-order valence-corrected chi connectivity index (χ4v) is 2.65. The highest BCUT2D eigenvalue weighted by Crippen LogP contribution is 2.27. The standard InChI is InChI=1S/C14H17BrFNO3/c1-14(13(18)19,17-8-10-3-2-6-20-10)11-7-9(15)4-5-12(11)16/h4-5,7,10,17H,2-3,6,8H2,1H3,(H,18,19). The van der Waals surface area contributed by atoms with Crippen molar-refractivity contribution in [2.75, 3.05) is 13.2 Å². The van der Waals surface area contributed by atoms with Crippen LogP contribution in [0.1, 0.15) is 25.3 Å². The zero-order valence-electron chi connectivity index (χ0n) is 11.2. The molecule has 1 aliphatic rings. The molecule has 0 bridgehead atoms. The molecule has 4 nitrogen and oxygen atoms in total. The zero-order valence-corrected chi connectivity index (χ0v) is 12.7. The number of hydrogen-bond donors (Lipinski definition) is 2. The average Bonchev–Trinajstić information content (AvgIpc) is 2.92. The van der Waals surface area contributed by atoms with E-state index in [1.165, 1.54) is 19.1 Å². The number of nitrogens with one attached hydrogen (secondary N) is 1. The molecule has 1 aromatic rings. The largest absolute Gasteiger partial charge is 0.480 e. The molecule has 1 aliphatic heterocycles. The van der Waals surface area contributed by atoms with Gasteiger partial charge in [-0.05, 0) is 38.0 Å². The molecule has 2 unspecified atom stereocenters. The fourth-order valence-electron chi connectivity index (χ4n) is 2.29. The third-order valence-electron chi connectivity index (χ3n) is 3.60. The summed E-state index contributed by atoms with van der Waals surface area (Å²) in [6.45, 7) is 2.55. The molecule has 1 saturated heterocycles. The van der Waals surface area contributed by atoms with E-state index in [9.17, 15) is 14.3 Å². The average molecular weight is 346 g/mol. The molecule has 0 aliphatic carbocycles. The number of carboxylic acid groups (broad SMARTS) is 1. The van der Waals surface area contributed by atoms with Gasteiger partial charge in [-0.2, -0.15) is 0 Å². The van der Waals surface area contributed by atoms with Crippen molar-refractivity contribution >= 4 is 21.9 Å². The Hall–Kier alpha value is -0.980. The van der Waals surface area contributed by atoms with Crippen molar-refractivity contribution in [1.29, 1.82) is 0 Å². The lowest BCUT2D eigenvalue weighted by atomic mass is 9.91. The summed E-state index contributed by atoms with van der Waals surface area (Å²) in [5, 5.41) is 12.4. The predicted octanol–water partition coefficient (Wildman–Crippen LogP) is 2.66. The molecule has 1 aromatic carbocycles. The lowest BCUT2D eigenvalue weighted by molar-refractivity contribution is -0.145. The van der Waals surface area contributed by atoms with Crippen molar-refractivity contribution in [1.82, 2.24) is 5.32 Å². The van der Waals surface area contributed by atoms with Crippen LogP contribution >= 0.6 is 15.9 Å². The summed E-state index contributed by atoms with van der Waals surface area (Å²) in [6, 6.07) is 4.29. The molecule has 0 radical (unpaired) electrons. The third-order valence-corrected chi connectivity index (χ3v) is 4.10. The van der Waals surface area contributed by atoms with Crippen molar-refractivity contribution in [3.8, 4) is 0 Å². The number of aliphatic carboxylic acids is 1. The highest BCUT2D eigenvalue weighted by Gasteiger charge is 2.38. The molecule has 2 atom stereocenters. The van der Waals surface area contributed by atoms with Crippen LogP contribution in [0.2, 0.25) is 0 Å². The molecule has 0 spiro atoms. The van der Waals surface area contributed by atoms with E-state index in [2.05, 4.69) is 21.2 Å². The van der Waals surface area contributed by atoms with E-state index in [0.717, 1.165) is 12.8 Å². The van der Waals surface area contributed by atoms with Crippen LogP contribution in [-0.2, 0) is 15.1 Å². The van der Waals surface area contributed by atoms with Gasteiger partial charge in [0.1, 0.15) is 11.4 Å². The van der Waals surface area contributed by atoms with Gasteiger partial charge in [0.05, 0.1) is 6.10 Å². The molecule has 0 aromatic heterocycles. The van der Waals surface area contributed by atoms with Gasteiger partial charge in [0, 0.05) is 23.2 Å². The highest BCUT2D eigenvalue weighted by molar-refractivity contribution is 9.10. The predicted molar refractivity (Wildman–Crippen MR) is 76.1 cm³/mol. The van der Waals surface area contributed by atoms with Crippen molar-refractivity contribution in [3.63, 3.8) is 0 Å². The second-order valence-corrected chi connectivity index (χ2v) is 5.99. The van der Waals surface area contributed by atoms with Gasteiger partial charge in [-0.15, -0.1) is 0 Å². The van der Waals surface area contributed by atoms with Gasteiger partial charge in [0.15, 0.2) is 0 Å². The first-order chi connectivity index (χ1) is 9.43. The van der Waals surface area contributed by atoms with Gasteiger partial charge in [-0.1, -0.05) is 15.9 Å². The maximum Gasteiger partial charge on any atom is 0.328 e. The van der Waals surface area contributed by atoms with Crippen LogP contribution < -0.4 is 5.32 Å². The Morgan fingerprint density at radius 1 is 1.65 bits per heavy atom. The lowest BCUT2D eigenvalue weighted by Gasteiger charge is -2.28. The quantitative estimate of drug-likeness (QED) is 0.861. The highest BCUT2D eigenvalue weighted by atomic mass is 79.9. The number of carboxylic acids is 1. The molecular weight excluding hydrogens is 329 g/mol. The van der Waals surface area contributed by atoms with E-state index < -0.39 is 17.3 Å². The van der Waals surface area contributed by atoms with E-state index in [-0.39, 0.29) is 11.7 Å². The molecule has 0 amide bonds. The Bertz CT molecular complexity index is 505. The summed E-state index contributed by atoms with van der Waals surface area (Å²) in [7, 11) is 0. The van der Waals surface area contributed by atoms with Gasteiger partial charge >= 0.3 is 5.97 Å². The molecular formula is C14H17BrFNO3. The lowest BCUT2D eigenvalue weighted by Crippen LogP contribution is -2.49. The minimum absolute atomic E-state index is 0.0103. The first kappa shape index (κ1) is 15.4. The van der Waals surface area contributed by atoms with Crippen molar-refractivity contribution in [3.05, 3.63) is 34.1 Å². The minimum Gasteiger partial charge on any atom is -0.480 e. The van der Waals surface area contributed by atoms with Crippen molar-refractivity contribution in [2.45, 2.75) is 31.4 Å². The van der Waals surface area contributed by atoms with Gasteiger partial charge < -0.3 is 9.84 Å². The van der Waals surface area contributed by atoms with Crippen LogP contribution in [0.3, 0.4) is 0 Å². The van der Waals surface area contributed by atoms with E-state index in [1.807, 2.05) is 0 Å². The smallest absolute Gasteiger partial charge is 0.328 e. The van der Waals surface area contributed by atoms with Crippen LogP contribution in [0.4, 0.5) is 4.39 Å². The summed E-state index contributed by atoms with van der Waals surface area (Å²) in [4.78, 5) is 11.6. The summed E-state index contributed by atoms with van der Waals surface area (Å²) >= 11 is 3.24. The number of ether oxygens (including phenoxy) is 1. The molecule has 1 heterocycles. The normalized spacial score (nSPS) is 21.6. The number of carbonyl (C=O) groups is 1. The minimum atomic E-state index is -1.49. The summed E-state index contributed by atoms with van der Waals surface area (Å²) in [5.74, 6) is -1.66. The molecule has 6 heteroatoms. The molecule has 2 rings (SSSR count). The Kier molecular flexibility index (Phi) is 4.78. The number of halogens is 2. The van der Waals surface area contributed by atoms with E-state index >= 15 is 0 Å². The number of rotatable bonds is 5. The van der Waals surface area contributed by atoms with Crippen LogP contribution in [-0.4, -0.2) is 30.3 Å². The Balaban J connectivity index is 2.23. The third kappa shape index (κ3) is 3.19. The monoisotopic (exact) mass is 345 g/mol. The molecule has 0 saturated carbocycles. The van der Waals surface area contributed by atoms with E-state index in [0.29, 0.717) is 17.6 Å². The van der Waals surface area contributed by atoms with Crippen molar-refractivity contribution in [2.24, 2.45) is 0 Å². The second kappa shape index (κ2) is 6.20. The van der Waals surface area contributed by atoms with Crippen LogP contribution in [0.25, 0.3) is 0 Å². The topological polar surface area (TPSA) is 58.6 Å². The van der Waals surface area contributed by atoms with Crippen molar-refractivity contribution < 1.29 is 19.0 Å². The summed E-state index contributed by atoms with van der Waals surface area (Å²) < 4.78 is 20.1. The molecule has 1 fully saturated rings. The number of hydrogen-bond acceptors (Lipinski definition) is 3. The van der Waals surface area contributed by atoms with Gasteiger partial charge in [-0.25, -0.2) is 9.18 Å². The van der Waals surface area contributed by atoms with Gasteiger partial charge in [0.25, 0.3) is 0 Å². The Morgan fingerprint density at radius 2 is 2.40 bits per heavy atom. The number of benzene rings is 1. The van der Waals surface area contributed by atoms with Crippen LogP contribution in [0.5, 0.6) is 0 Å². The maximum atomic E-state index is 14.0. The Morgan fingerprint density at radius 3 is 3.00 bits per heavy atom. The van der Waals surface area contributed by atoms with Gasteiger partial charge in [-0.3, -0.25) is 5.32 Å². The zero-order chi connectivity index (χ0) is 14.8. The first-order valence-corrected chi connectivity index (χ1v) is 7.28. The summed E-state index contributed by atoms with van der Waals surface area (Å²) in [6.07, 6.45) is 1.86. The summed E-state index contributed by atoms with van der Waals surface area (Å²) in [5.41, 5.74) is -1.38. The second-order valence-electron chi connectivity index (χ2n) is 5.07. The molecule has 110 valence electrons. The fraction of sp³-hybridized carbons (Fsp3) is 0.500. The SMILES string of the molecule is CC(NCC1CCCO1)(C(=O)O)c1cc(Br)ccc1F. The molecule has 20 heavy (non-hydrogen) atoms. The first-order valence-electron chi connectivity index (χ1n) is 6.49. The maximum absolute atomic E-state index is 14.0. The Labute approximate surface area is 125 Å². The van der Waals surface area contributed by atoms with E-state index in [4.69, 9.17) is 4.74 Å². The molecule has 2 N–H and O–H groups in total. The van der Waals surface area contributed by atoms with Crippen LogP contribution in [0.15, 0.2) is 22.7 Å². The van der Waals surface area contributed by atoms with E-state index in [1.54, 1.807) is 6.07 Å². The van der Waals surface area contributed by atoms with Gasteiger partial charge in [0.2, 0.25) is 0 Å².